The van der Waals surface area contributed by atoms with E-state index in [1.165, 1.54) is 38.5 Å². The number of likely N-dealkylation sites (tertiary alicyclic amines) is 1. The van der Waals surface area contributed by atoms with Gasteiger partial charge in [-0.2, -0.15) is 0 Å². The van der Waals surface area contributed by atoms with Gasteiger partial charge in [-0.05, 0) is 64.3 Å². The van der Waals surface area contributed by atoms with Crippen molar-refractivity contribution in [1.29, 1.82) is 0 Å². The van der Waals surface area contributed by atoms with Gasteiger partial charge in [0.1, 0.15) is 5.54 Å². The van der Waals surface area contributed by atoms with E-state index in [4.69, 9.17) is 0 Å². The number of carbonyl (C=O) groups is 1. The summed E-state index contributed by atoms with van der Waals surface area (Å²) in [4.78, 5) is 14.0. The monoisotopic (exact) mass is 267 g/mol. The van der Waals surface area contributed by atoms with E-state index >= 15 is 0 Å². The van der Waals surface area contributed by atoms with Gasteiger partial charge in [0.15, 0.2) is 0 Å². The van der Waals surface area contributed by atoms with Crippen molar-refractivity contribution in [2.45, 2.75) is 83.2 Å². The van der Waals surface area contributed by atoms with Crippen LogP contribution in [0.5, 0.6) is 0 Å². The lowest BCUT2D eigenvalue weighted by atomic mass is 9.79. The maximum Gasteiger partial charge on any atom is 0.323 e. The van der Waals surface area contributed by atoms with Gasteiger partial charge in [0.25, 0.3) is 0 Å². The Bertz CT molecular complexity index is 310. The fourth-order valence-corrected chi connectivity index (χ4v) is 4.11. The molecule has 0 aromatic heterocycles. The molecular weight excluding hydrogens is 238 g/mol. The van der Waals surface area contributed by atoms with Crippen LogP contribution >= 0.6 is 0 Å². The first-order chi connectivity index (χ1) is 9.08. The molecule has 2 rings (SSSR count). The van der Waals surface area contributed by atoms with E-state index in [1.54, 1.807) is 0 Å². The number of rotatable bonds is 4. The zero-order valence-corrected chi connectivity index (χ0v) is 12.5. The van der Waals surface area contributed by atoms with Crippen LogP contribution in [0.2, 0.25) is 0 Å². The predicted molar refractivity (Wildman–Crippen MR) is 77.3 cm³/mol. The summed E-state index contributed by atoms with van der Waals surface area (Å²) in [6.45, 7) is 5.18. The van der Waals surface area contributed by atoms with Gasteiger partial charge in [0.2, 0.25) is 0 Å². The fourth-order valence-electron chi connectivity index (χ4n) is 4.11. The summed E-state index contributed by atoms with van der Waals surface area (Å²) in [6, 6.07) is 0.509. The molecule has 2 fully saturated rings. The third-order valence-corrected chi connectivity index (χ3v) is 5.36. The van der Waals surface area contributed by atoms with E-state index in [9.17, 15) is 9.90 Å². The molecule has 0 aromatic rings. The smallest absolute Gasteiger partial charge is 0.323 e. The van der Waals surface area contributed by atoms with Crippen molar-refractivity contribution < 1.29 is 9.90 Å². The Balaban J connectivity index is 1.98. The van der Waals surface area contributed by atoms with Crippen molar-refractivity contribution in [1.82, 2.24) is 4.90 Å². The Morgan fingerprint density at radius 2 is 1.95 bits per heavy atom. The summed E-state index contributed by atoms with van der Waals surface area (Å²) in [7, 11) is 0. The molecule has 3 nitrogen and oxygen atoms in total. The Morgan fingerprint density at radius 1 is 1.26 bits per heavy atom. The molecule has 1 N–H and O–H groups in total. The summed E-state index contributed by atoms with van der Waals surface area (Å²) < 4.78 is 0. The van der Waals surface area contributed by atoms with Crippen LogP contribution in [0.15, 0.2) is 0 Å². The Morgan fingerprint density at radius 3 is 2.53 bits per heavy atom. The van der Waals surface area contributed by atoms with Crippen LogP contribution in [0.4, 0.5) is 0 Å². The quantitative estimate of drug-likeness (QED) is 0.844. The molecule has 19 heavy (non-hydrogen) atoms. The molecule has 110 valence electrons. The highest BCUT2D eigenvalue weighted by Gasteiger charge is 2.44. The van der Waals surface area contributed by atoms with Crippen LogP contribution in [0.1, 0.15) is 71.6 Å². The average molecular weight is 267 g/mol. The molecule has 1 aliphatic heterocycles. The minimum atomic E-state index is -0.622. The van der Waals surface area contributed by atoms with Crippen LogP contribution < -0.4 is 0 Å². The molecular formula is C16H29NO2. The highest BCUT2D eigenvalue weighted by molar-refractivity contribution is 5.78. The summed E-state index contributed by atoms with van der Waals surface area (Å²) in [5.74, 6) is 0.269. The maximum atomic E-state index is 11.7. The fraction of sp³-hybridized carbons (Fsp3) is 0.938. The van der Waals surface area contributed by atoms with Gasteiger partial charge < -0.3 is 5.11 Å². The normalized spacial score (nSPS) is 37.2. The number of hydrogen-bond acceptors (Lipinski definition) is 2. The molecule has 0 bridgehead atoms. The Labute approximate surface area is 117 Å². The van der Waals surface area contributed by atoms with E-state index in [1.807, 2.05) is 6.92 Å². The van der Waals surface area contributed by atoms with E-state index in [0.717, 1.165) is 31.7 Å². The van der Waals surface area contributed by atoms with Crippen molar-refractivity contribution in [3.8, 4) is 0 Å². The van der Waals surface area contributed by atoms with Gasteiger partial charge >= 0.3 is 5.97 Å². The van der Waals surface area contributed by atoms with Crippen LogP contribution in [0, 0.1) is 5.92 Å². The summed E-state index contributed by atoms with van der Waals surface area (Å²) in [5.41, 5.74) is -0.611. The van der Waals surface area contributed by atoms with E-state index in [2.05, 4.69) is 11.8 Å². The van der Waals surface area contributed by atoms with Crippen molar-refractivity contribution in [3.05, 3.63) is 0 Å². The van der Waals surface area contributed by atoms with Gasteiger partial charge in [-0.1, -0.05) is 19.8 Å². The molecule has 0 amide bonds. The lowest BCUT2D eigenvalue weighted by molar-refractivity contribution is -0.156. The number of nitrogens with zero attached hydrogens (tertiary/aromatic N) is 1. The van der Waals surface area contributed by atoms with E-state index in [-0.39, 0.29) is 0 Å². The minimum Gasteiger partial charge on any atom is -0.480 e. The molecule has 1 aliphatic carbocycles. The third kappa shape index (κ3) is 3.13. The summed E-state index contributed by atoms with van der Waals surface area (Å²) in [6.07, 6.45) is 10.7. The molecule has 3 heteroatoms. The third-order valence-electron chi connectivity index (χ3n) is 5.36. The Kier molecular flexibility index (Phi) is 4.88. The lowest BCUT2D eigenvalue weighted by Crippen LogP contribution is -2.59. The van der Waals surface area contributed by atoms with Gasteiger partial charge in [-0.25, -0.2) is 0 Å². The zero-order valence-electron chi connectivity index (χ0n) is 12.5. The van der Waals surface area contributed by atoms with Gasteiger partial charge in [-0.15, -0.1) is 0 Å². The predicted octanol–water partition coefficient (Wildman–Crippen LogP) is 3.67. The average Bonchev–Trinajstić information content (AvgIpc) is 2.41. The molecule has 1 heterocycles. The molecule has 0 aromatic carbocycles. The molecule has 2 aliphatic rings. The topological polar surface area (TPSA) is 40.5 Å². The lowest BCUT2D eigenvalue weighted by Gasteiger charge is -2.48. The first kappa shape index (κ1) is 14.8. The SMILES string of the molecule is CCCC1CCC(N2CCCCC2(C)C(=O)O)CC1. The molecule has 0 spiro atoms. The van der Waals surface area contributed by atoms with Crippen LogP contribution in [0.25, 0.3) is 0 Å². The number of hydrogen-bond donors (Lipinski definition) is 1. The molecule has 1 saturated carbocycles. The first-order valence-corrected chi connectivity index (χ1v) is 8.08. The van der Waals surface area contributed by atoms with Crippen LogP contribution in [0.3, 0.4) is 0 Å². The van der Waals surface area contributed by atoms with Crippen molar-refractivity contribution in [2.75, 3.05) is 6.54 Å². The number of carboxylic acids is 1. The highest BCUT2D eigenvalue weighted by atomic mass is 16.4. The first-order valence-electron chi connectivity index (χ1n) is 8.08. The summed E-state index contributed by atoms with van der Waals surface area (Å²) in [5, 5.41) is 9.59. The van der Waals surface area contributed by atoms with Gasteiger partial charge in [-0.3, -0.25) is 9.69 Å². The molecule has 0 radical (unpaired) electrons. The van der Waals surface area contributed by atoms with Gasteiger partial charge in [0.05, 0.1) is 0 Å². The number of aliphatic carboxylic acids is 1. The van der Waals surface area contributed by atoms with Crippen LogP contribution in [-0.4, -0.2) is 34.1 Å². The molecule has 1 saturated heterocycles. The second kappa shape index (κ2) is 6.25. The standard InChI is InChI=1S/C16H29NO2/c1-3-6-13-7-9-14(10-8-13)17-12-5-4-11-16(17,2)15(18)19/h13-14H,3-12H2,1-2H3,(H,18,19). The largest absolute Gasteiger partial charge is 0.480 e. The second-order valence-electron chi connectivity index (χ2n) is 6.69. The minimum absolute atomic E-state index is 0.509. The number of carboxylic acid groups (broad SMARTS) is 1. The van der Waals surface area contributed by atoms with Crippen molar-refractivity contribution >= 4 is 5.97 Å². The maximum absolute atomic E-state index is 11.7. The second-order valence-corrected chi connectivity index (χ2v) is 6.69. The highest BCUT2D eigenvalue weighted by Crippen LogP contribution is 2.37. The summed E-state index contributed by atoms with van der Waals surface area (Å²) >= 11 is 0. The van der Waals surface area contributed by atoms with E-state index in [0.29, 0.717) is 6.04 Å². The molecule has 1 unspecified atom stereocenters. The zero-order chi connectivity index (χ0) is 13.9. The van der Waals surface area contributed by atoms with Gasteiger partial charge in [0, 0.05) is 6.04 Å². The van der Waals surface area contributed by atoms with Crippen molar-refractivity contribution in [2.24, 2.45) is 5.92 Å². The van der Waals surface area contributed by atoms with E-state index < -0.39 is 11.5 Å². The number of piperidine rings is 1. The van der Waals surface area contributed by atoms with Crippen LogP contribution in [-0.2, 0) is 4.79 Å². The van der Waals surface area contributed by atoms with Crippen molar-refractivity contribution in [3.63, 3.8) is 0 Å². The molecule has 1 atom stereocenters. The Hall–Kier alpha value is -0.570.